The van der Waals surface area contributed by atoms with Crippen LogP contribution in [0.4, 0.5) is 5.69 Å². The number of sulfonamides is 1. The number of rotatable bonds is 10. The molecule has 2 aromatic rings. The van der Waals surface area contributed by atoms with E-state index in [-0.39, 0.29) is 17.4 Å². The Morgan fingerprint density at radius 1 is 1.10 bits per heavy atom. The summed E-state index contributed by atoms with van der Waals surface area (Å²) in [6, 6.07) is 16.9. The van der Waals surface area contributed by atoms with Crippen molar-refractivity contribution >= 4 is 21.6 Å². The van der Waals surface area contributed by atoms with Gasteiger partial charge in [-0.3, -0.25) is 9.10 Å². The molecule has 0 radical (unpaired) electrons. The number of ether oxygens (including phenoxy) is 1. The van der Waals surface area contributed by atoms with Crippen LogP contribution in [0.1, 0.15) is 46.1 Å². The van der Waals surface area contributed by atoms with Crippen LogP contribution in [0.15, 0.2) is 54.6 Å². The largest absolute Gasteiger partial charge is 0.481 e. The average Bonchev–Trinajstić information content (AvgIpc) is 2.71. The topological polar surface area (TPSA) is 75.7 Å². The molecule has 0 unspecified atom stereocenters. The maximum Gasteiger partial charge on any atom is 0.261 e. The summed E-state index contributed by atoms with van der Waals surface area (Å²) < 4.78 is 30.4. The summed E-state index contributed by atoms with van der Waals surface area (Å²) in [6.45, 7) is 8.25. The van der Waals surface area contributed by atoms with Crippen molar-refractivity contribution in [2.75, 3.05) is 17.6 Å². The third-order valence-electron chi connectivity index (χ3n) is 5.40. The lowest BCUT2D eigenvalue weighted by molar-refractivity contribution is -0.128. The fraction of sp³-hybridized carbons (Fsp3) is 0.458. The van der Waals surface area contributed by atoms with Crippen molar-refractivity contribution in [1.29, 1.82) is 0 Å². The molecule has 170 valence electrons. The highest BCUT2D eigenvalue weighted by Gasteiger charge is 2.26. The molecule has 6 nitrogen and oxygen atoms in total. The minimum atomic E-state index is -3.33. The minimum absolute atomic E-state index is 0.0221. The number of benzene rings is 2. The van der Waals surface area contributed by atoms with E-state index in [4.69, 9.17) is 4.74 Å². The van der Waals surface area contributed by atoms with Crippen LogP contribution in [0.2, 0.25) is 0 Å². The van der Waals surface area contributed by atoms with Gasteiger partial charge < -0.3 is 10.1 Å². The van der Waals surface area contributed by atoms with Crippen molar-refractivity contribution < 1.29 is 17.9 Å². The zero-order valence-electron chi connectivity index (χ0n) is 19.3. The van der Waals surface area contributed by atoms with Crippen LogP contribution in [-0.4, -0.2) is 39.8 Å². The fourth-order valence-corrected chi connectivity index (χ4v) is 4.08. The Bertz CT molecular complexity index is 957. The smallest absolute Gasteiger partial charge is 0.261 e. The fourth-order valence-electron chi connectivity index (χ4n) is 3.57. The van der Waals surface area contributed by atoms with E-state index in [0.29, 0.717) is 17.9 Å². The number of anilines is 1. The van der Waals surface area contributed by atoms with Gasteiger partial charge in [-0.25, -0.2) is 8.42 Å². The summed E-state index contributed by atoms with van der Waals surface area (Å²) in [4.78, 5) is 12.8. The van der Waals surface area contributed by atoms with Crippen molar-refractivity contribution in [2.45, 2.75) is 58.1 Å². The van der Waals surface area contributed by atoms with Crippen LogP contribution in [-0.2, 0) is 20.2 Å². The second-order valence-electron chi connectivity index (χ2n) is 8.60. The zero-order valence-corrected chi connectivity index (χ0v) is 20.1. The van der Waals surface area contributed by atoms with E-state index in [2.05, 4.69) is 31.3 Å². The number of nitrogens with zero attached hydrogens (tertiary/aromatic N) is 1. The minimum Gasteiger partial charge on any atom is -0.481 e. The Morgan fingerprint density at radius 2 is 1.68 bits per heavy atom. The summed E-state index contributed by atoms with van der Waals surface area (Å²) in [6.07, 6.45) is 1.84. The third-order valence-corrected chi connectivity index (χ3v) is 6.61. The molecule has 1 amide bonds. The first-order valence-electron chi connectivity index (χ1n) is 10.5. The van der Waals surface area contributed by atoms with E-state index in [1.807, 2.05) is 32.0 Å². The van der Waals surface area contributed by atoms with Crippen molar-refractivity contribution in [3.63, 3.8) is 0 Å². The predicted octanol–water partition coefficient (Wildman–Crippen LogP) is 4.11. The Kier molecular flexibility index (Phi) is 8.12. The number of carbonyl (C=O) groups excluding carboxylic acids is 1. The van der Waals surface area contributed by atoms with Gasteiger partial charge in [0.05, 0.1) is 11.9 Å². The molecule has 2 rings (SSSR count). The average molecular weight is 447 g/mol. The molecule has 1 N–H and O–H groups in total. The molecular formula is C24H34N2O4S. The van der Waals surface area contributed by atoms with Gasteiger partial charge in [0.1, 0.15) is 5.75 Å². The van der Waals surface area contributed by atoms with Gasteiger partial charge in [-0.05, 0) is 55.0 Å². The lowest BCUT2D eigenvalue weighted by Crippen LogP contribution is -2.44. The molecule has 0 fully saturated rings. The van der Waals surface area contributed by atoms with E-state index in [0.717, 1.165) is 12.7 Å². The highest BCUT2D eigenvalue weighted by Crippen LogP contribution is 2.28. The van der Waals surface area contributed by atoms with Crippen LogP contribution in [0.5, 0.6) is 5.75 Å². The molecule has 0 aromatic heterocycles. The Hall–Kier alpha value is -2.54. The molecular weight excluding hydrogens is 412 g/mol. The van der Waals surface area contributed by atoms with Crippen LogP contribution in [0.25, 0.3) is 0 Å². The van der Waals surface area contributed by atoms with Gasteiger partial charge in [-0.1, -0.05) is 51.1 Å². The first-order valence-corrected chi connectivity index (χ1v) is 12.4. The van der Waals surface area contributed by atoms with E-state index in [9.17, 15) is 13.2 Å². The molecule has 0 aliphatic carbocycles. The SMILES string of the molecule is CC[C@@H](Oc1ccc(N(C)S(C)(=O)=O)cc1)C(=O)N[C@@H](C)CC(C)(C)c1ccccc1. The lowest BCUT2D eigenvalue weighted by atomic mass is 9.79. The van der Waals surface area contributed by atoms with Crippen LogP contribution in [0.3, 0.4) is 0 Å². The Labute approximate surface area is 186 Å². The highest BCUT2D eigenvalue weighted by molar-refractivity contribution is 7.92. The molecule has 31 heavy (non-hydrogen) atoms. The predicted molar refractivity (Wildman–Crippen MR) is 126 cm³/mol. The van der Waals surface area contributed by atoms with Gasteiger partial charge in [0.15, 0.2) is 6.10 Å². The summed E-state index contributed by atoms with van der Waals surface area (Å²) in [5, 5.41) is 3.08. The normalized spacial score (nSPS) is 13.9. The molecule has 0 saturated carbocycles. The summed E-state index contributed by atoms with van der Waals surface area (Å²) in [5.74, 6) is 0.362. The van der Waals surface area contributed by atoms with Crippen molar-refractivity contribution in [2.24, 2.45) is 0 Å². The number of nitrogens with one attached hydrogen (secondary N) is 1. The first kappa shape index (κ1) is 24.7. The van der Waals surface area contributed by atoms with Crippen LogP contribution in [0, 0.1) is 0 Å². The standard InChI is InChI=1S/C24H34N2O4S/c1-7-22(30-21-15-13-20(14-16-21)26(5)31(6,28)29)23(27)25-18(2)17-24(3,4)19-11-9-8-10-12-19/h8-16,18,22H,7,17H2,1-6H3,(H,25,27)/t18-,22+/m0/s1. The van der Waals surface area contributed by atoms with Crippen molar-refractivity contribution in [3.8, 4) is 5.75 Å². The van der Waals surface area contributed by atoms with E-state index in [1.165, 1.54) is 16.9 Å². The Morgan fingerprint density at radius 3 is 2.19 bits per heavy atom. The quantitative estimate of drug-likeness (QED) is 0.596. The highest BCUT2D eigenvalue weighted by atomic mass is 32.2. The maximum atomic E-state index is 12.8. The molecule has 2 atom stereocenters. The molecule has 0 saturated heterocycles. The molecule has 0 spiro atoms. The molecule has 2 aromatic carbocycles. The maximum absolute atomic E-state index is 12.8. The van der Waals surface area contributed by atoms with Gasteiger partial charge >= 0.3 is 0 Å². The monoisotopic (exact) mass is 446 g/mol. The molecule has 7 heteroatoms. The van der Waals surface area contributed by atoms with Crippen molar-refractivity contribution in [1.82, 2.24) is 5.32 Å². The van der Waals surface area contributed by atoms with Crippen LogP contribution < -0.4 is 14.4 Å². The molecule has 0 aliphatic heterocycles. The summed E-state index contributed by atoms with van der Waals surface area (Å²) in [7, 11) is -1.84. The van der Waals surface area contributed by atoms with Gasteiger partial charge in [0.25, 0.3) is 5.91 Å². The van der Waals surface area contributed by atoms with Gasteiger partial charge in [0.2, 0.25) is 10.0 Å². The van der Waals surface area contributed by atoms with Crippen molar-refractivity contribution in [3.05, 3.63) is 60.2 Å². The lowest BCUT2D eigenvalue weighted by Gasteiger charge is -2.30. The number of hydrogen-bond acceptors (Lipinski definition) is 4. The third kappa shape index (κ3) is 6.99. The molecule has 0 heterocycles. The second-order valence-corrected chi connectivity index (χ2v) is 10.6. The molecule has 0 aliphatic rings. The van der Waals surface area contributed by atoms with Crippen LogP contribution >= 0.6 is 0 Å². The van der Waals surface area contributed by atoms with E-state index in [1.54, 1.807) is 24.3 Å². The van der Waals surface area contributed by atoms with Gasteiger partial charge in [-0.15, -0.1) is 0 Å². The summed E-state index contributed by atoms with van der Waals surface area (Å²) in [5.41, 5.74) is 1.69. The molecule has 0 bridgehead atoms. The zero-order chi connectivity index (χ0) is 23.2. The Balaban J connectivity index is 1.98. The summed E-state index contributed by atoms with van der Waals surface area (Å²) >= 11 is 0. The number of amides is 1. The first-order chi connectivity index (χ1) is 14.4. The number of hydrogen-bond donors (Lipinski definition) is 1. The van der Waals surface area contributed by atoms with Gasteiger partial charge in [-0.2, -0.15) is 0 Å². The number of carbonyl (C=O) groups is 1. The van der Waals surface area contributed by atoms with E-state index < -0.39 is 16.1 Å². The second kappa shape index (κ2) is 10.2. The van der Waals surface area contributed by atoms with E-state index >= 15 is 0 Å². The van der Waals surface area contributed by atoms with Gasteiger partial charge in [0, 0.05) is 13.1 Å².